The smallest absolute Gasteiger partial charge is 0.313 e. The van der Waals surface area contributed by atoms with Crippen LogP contribution in [0.25, 0.3) is 0 Å². The molecular weight excluding hydrogens is 438 g/mol. The molecule has 0 aliphatic rings. The van der Waals surface area contributed by atoms with Crippen LogP contribution in [0.5, 0.6) is 23.0 Å². The summed E-state index contributed by atoms with van der Waals surface area (Å²) in [5.74, 6) is 0.478. The number of nitro benzene ring substituents is 1. The van der Waals surface area contributed by atoms with Gasteiger partial charge in [0.1, 0.15) is 11.8 Å². The molecule has 10 heteroatoms. The van der Waals surface area contributed by atoms with Gasteiger partial charge in [-0.3, -0.25) is 14.9 Å². The van der Waals surface area contributed by atoms with Crippen LogP contribution in [0.2, 0.25) is 5.02 Å². The normalized spacial score (nSPS) is 10.0. The molecule has 0 radical (unpaired) electrons. The fourth-order valence-corrected chi connectivity index (χ4v) is 2.85. The second kappa shape index (κ2) is 10.1. The van der Waals surface area contributed by atoms with E-state index in [1.54, 1.807) is 24.3 Å². The third-order valence-electron chi connectivity index (χ3n) is 4.18. The molecule has 32 heavy (non-hydrogen) atoms. The highest BCUT2D eigenvalue weighted by atomic mass is 35.5. The first kappa shape index (κ1) is 22.4. The van der Waals surface area contributed by atoms with E-state index in [2.05, 4.69) is 5.32 Å². The van der Waals surface area contributed by atoms with Crippen molar-refractivity contribution in [3.63, 3.8) is 0 Å². The summed E-state index contributed by atoms with van der Waals surface area (Å²) in [6, 6.07) is 16.9. The number of carbonyl (C=O) groups is 1. The number of nitro groups is 1. The van der Waals surface area contributed by atoms with Crippen molar-refractivity contribution in [2.75, 3.05) is 19.0 Å². The summed E-state index contributed by atoms with van der Waals surface area (Å²) in [6.07, 6.45) is 0. The Morgan fingerprint density at radius 1 is 1.09 bits per heavy atom. The fraction of sp³-hybridized carbons (Fsp3) is 0.0909. The Morgan fingerprint density at radius 2 is 1.81 bits per heavy atom. The van der Waals surface area contributed by atoms with Gasteiger partial charge < -0.3 is 19.5 Å². The largest absolute Gasteiger partial charge is 0.493 e. The monoisotopic (exact) mass is 453 g/mol. The van der Waals surface area contributed by atoms with E-state index in [4.69, 9.17) is 31.1 Å². The van der Waals surface area contributed by atoms with Gasteiger partial charge in [-0.05, 0) is 54.6 Å². The fourth-order valence-electron chi connectivity index (χ4n) is 2.68. The molecule has 0 fully saturated rings. The van der Waals surface area contributed by atoms with Gasteiger partial charge in [0, 0.05) is 22.3 Å². The minimum atomic E-state index is -0.605. The lowest BCUT2D eigenvalue weighted by Gasteiger charge is -2.12. The number of halogens is 1. The highest BCUT2D eigenvalue weighted by Crippen LogP contribution is 2.38. The second-order valence-electron chi connectivity index (χ2n) is 6.26. The number of hydrogen-bond donors (Lipinski definition) is 1. The molecule has 0 unspecified atom stereocenters. The maximum absolute atomic E-state index is 12.6. The van der Waals surface area contributed by atoms with Gasteiger partial charge in [0.15, 0.2) is 18.1 Å². The number of nitrogens with zero attached hydrogens (tertiary/aromatic N) is 2. The lowest BCUT2D eigenvalue weighted by atomic mass is 10.1. The zero-order chi connectivity index (χ0) is 23.1. The molecule has 0 spiro atoms. The summed E-state index contributed by atoms with van der Waals surface area (Å²) in [5, 5.41) is 22.7. The van der Waals surface area contributed by atoms with Crippen molar-refractivity contribution in [1.29, 1.82) is 5.26 Å². The van der Waals surface area contributed by atoms with Gasteiger partial charge in [-0.2, -0.15) is 5.26 Å². The van der Waals surface area contributed by atoms with Crippen molar-refractivity contribution in [3.8, 4) is 29.1 Å². The molecule has 0 aliphatic heterocycles. The van der Waals surface area contributed by atoms with Gasteiger partial charge >= 0.3 is 5.69 Å². The number of benzene rings is 3. The van der Waals surface area contributed by atoms with Gasteiger partial charge in [0.05, 0.1) is 12.0 Å². The predicted octanol–water partition coefficient (Wildman–Crippen LogP) is 5.20. The van der Waals surface area contributed by atoms with Crippen molar-refractivity contribution >= 4 is 28.9 Å². The van der Waals surface area contributed by atoms with Crippen molar-refractivity contribution in [2.45, 2.75) is 0 Å². The Kier molecular flexibility index (Phi) is 7.10. The van der Waals surface area contributed by atoms with E-state index in [9.17, 15) is 14.9 Å². The molecule has 0 saturated carbocycles. The van der Waals surface area contributed by atoms with E-state index in [1.807, 2.05) is 6.07 Å². The van der Waals surface area contributed by atoms with Crippen LogP contribution >= 0.6 is 11.6 Å². The molecular formula is C22H16ClN3O6. The van der Waals surface area contributed by atoms with Gasteiger partial charge in [-0.15, -0.1) is 0 Å². The Bertz CT molecular complexity index is 1190. The lowest BCUT2D eigenvalue weighted by molar-refractivity contribution is -0.385. The summed E-state index contributed by atoms with van der Waals surface area (Å²) >= 11 is 5.83. The van der Waals surface area contributed by atoms with Gasteiger partial charge in [-0.1, -0.05) is 11.6 Å². The quantitative estimate of drug-likeness (QED) is 0.367. The molecule has 0 saturated heterocycles. The summed E-state index contributed by atoms with van der Waals surface area (Å²) in [7, 11) is 1.39. The highest BCUT2D eigenvalue weighted by molar-refractivity contribution is 6.30. The molecule has 3 rings (SSSR count). The molecule has 0 aromatic heterocycles. The minimum absolute atomic E-state index is 0.0198. The van der Waals surface area contributed by atoms with E-state index < -0.39 is 10.8 Å². The third-order valence-corrected chi connectivity index (χ3v) is 4.41. The highest BCUT2D eigenvalue weighted by Gasteiger charge is 2.19. The Balaban J connectivity index is 1.77. The predicted molar refractivity (Wildman–Crippen MR) is 117 cm³/mol. The first-order valence-corrected chi connectivity index (χ1v) is 9.50. The number of methoxy groups -OCH3 is 1. The van der Waals surface area contributed by atoms with Crippen molar-refractivity contribution < 1.29 is 23.9 Å². The first-order chi connectivity index (χ1) is 15.4. The van der Waals surface area contributed by atoms with E-state index in [0.717, 1.165) is 0 Å². The number of nitrogens with one attached hydrogen (secondary N) is 1. The van der Waals surface area contributed by atoms with Crippen LogP contribution in [0.4, 0.5) is 11.4 Å². The topological polar surface area (TPSA) is 124 Å². The zero-order valence-corrected chi connectivity index (χ0v) is 17.5. The second-order valence-corrected chi connectivity index (χ2v) is 6.70. The van der Waals surface area contributed by atoms with Gasteiger partial charge in [0.25, 0.3) is 5.91 Å². The molecule has 0 heterocycles. The summed E-state index contributed by atoms with van der Waals surface area (Å²) in [6.45, 7) is -0.0703. The number of rotatable bonds is 8. The molecule has 3 aromatic carbocycles. The van der Waals surface area contributed by atoms with Gasteiger partial charge in [-0.25, -0.2) is 0 Å². The maximum atomic E-state index is 12.6. The molecule has 9 nitrogen and oxygen atoms in total. The molecule has 1 amide bonds. The lowest BCUT2D eigenvalue weighted by Crippen LogP contribution is -2.12. The van der Waals surface area contributed by atoms with Crippen LogP contribution in [-0.2, 0) is 0 Å². The Labute approximate surface area is 187 Å². The number of hydrogen-bond acceptors (Lipinski definition) is 7. The molecule has 1 N–H and O–H groups in total. The first-order valence-electron chi connectivity index (χ1n) is 9.12. The third kappa shape index (κ3) is 5.44. The standard InChI is InChI=1S/C22H16ClN3O6/c1-30-21-12-14(22(27)25-16-4-6-17(7-5-16)31-11-10-24)2-8-20(21)32-19-9-3-15(23)13-18(19)26(28)29/h2-9,12-13H,11H2,1H3,(H,25,27). The molecule has 0 bridgehead atoms. The van der Waals surface area contributed by atoms with E-state index in [0.29, 0.717) is 11.4 Å². The average molecular weight is 454 g/mol. The number of amides is 1. The van der Waals surface area contributed by atoms with E-state index in [-0.39, 0.29) is 40.1 Å². The summed E-state index contributed by atoms with van der Waals surface area (Å²) in [4.78, 5) is 23.3. The number of ether oxygens (including phenoxy) is 3. The zero-order valence-electron chi connectivity index (χ0n) is 16.7. The van der Waals surface area contributed by atoms with Gasteiger partial charge in [0.2, 0.25) is 5.75 Å². The summed E-state index contributed by atoms with van der Waals surface area (Å²) < 4.78 is 16.1. The van der Waals surface area contributed by atoms with Crippen LogP contribution in [0, 0.1) is 21.4 Å². The average Bonchev–Trinajstić information content (AvgIpc) is 2.79. The number of nitriles is 1. The minimum Gasteiger partial charge on any atom is -0.493 e. The van der Waals surface area contributed by atoms with E-state index >= 15 is 0 Å². The Hall–Kier alpha value is -4.29. The van der Waals surface area contributed by atoms with Crippen molar-refractivity contribution in [1.82, 2.24) is 0 Å². The number of carbonyl (C=O) groups excluding carboxylic acids is 1. The Morgan fingerprint density at radius 3 is 2.47 bits per heavy atom. The van der Waals surface area contributed by atoms with E-state index in [1.165, 1.54) is 43.5 Å². The van der Waals surface area contributed by atoms with Crippen LogP contribution in [-0.4, -0.2) is 24.5 Å². The summed E-state index contributed by atoms with van der Waals surface area (Å²) in [5.41, 5.74) is 0.503. The van der Waals surface area contributed by atoms with Crippen LogP contribution < -0.4 is 19.5 Å². The molecule has 3 aromatic rings. The van der Waals surface area contributed by atoms with Crippen LogP contribution in [0.15, 0.2) is 60.7 Å². The molecule has 162 valence electrons. The van der Waals surface area contributed by atoms with Crippen molar-refractivity contribution in [2.24, 2.45) is 0 Å². The van der Waals surface area contributed by atoms with Crippen molar-refractivity contribution in [3.05, 3.63) is 81.4 Å². The SMILES string of the molecule is COc1cc(C(=O)Nc2ccc(OCC#N)cc2)ccc1Oc1ccc(Cl)cc1[N+](=O)[O-]. The molecule has 0 aliphatic carbocycles. The number of anilines is 1. The maximum Gasteiger partial charge on any atom is 0.313 e. The molecule has 0 atom stereocenters. The van der Waals surface area contributed by atoms with Crippen LogP contribution in [0.1, 0.15) is 10.4 Å². The van der Waals surface area contributed by atoms with Crippen LogP contribution in [0.3, 0.4) is 0 Å².